The van der Waals surface area contributed by atoms with E-state index in [2.05, 4.69) is 20.8 Å². The summed E-state index contributed by atoms with van der Waals surface area (Å²) in [6.07, 6.45) is 9.01. The van der Waals surface area contributed by atoms with Gasteiger partial charge in [-0.25, -0.2) is 19.8 Å². The smallest absolute Gasteiger partial charge is 0.277 e. The molecular formula is C23H23BClFN6O2. The van der Waals surface area contributed by atoms with Gasteiger partial charge in [0, 0.05) is 25.5 Å². The Kier molecular flexibility index (Phi) is 6.25. The molecule has 174 valence electrons. The van der Waals surface area contributed by atoms with E-state index in [1.807, 2.05) is 29.2 Å². The van der Waals surface area contributed by atoms with Gasteiger partial charge < -0.3 is 14.5 Å². The summed E-state index contributed by atoms with van der Waals surface area (Å²) in [7, 11) is 1.91. The quantitative estimate of drug-likeness (QED) is 0.284. The van der Waals surface area contributed by atoms with Gasteiger partial charge in [0.1, 0.15) is 13.4 Å². The summed E-state index contributed by atoms with van der Waals surface area (Å²) < 4.78 is 19.5. The van der Waals surface area contributed by atoms with Crippen molar-refractivity contribution in [2.45, 2.75) is 25.9 Å². The first-order valence-corrected chi connectivity index (χ1v) is 11.5. The highest BCUT2D eigenvalue weighted by molar-refractivity contribution is 6.37. The Morgan fingerprint density at radius 3 is 2.85 bits per heavy atom. The third-order valence-corrected chi connectivity index (χ3v) is 6.14. The fraction of sp³-hybridized carbons (Fsp3) is 0.261. The number of aromatic nitrogens is 4. The number of hydrogen-bond donors (Lipinski definition) is 2. The molecule has 0 saturated heterocycles. The van der Waals surface area contributed by atoms with Crippen LogP contribution in [0.5, 0.6) is 0 Å². The molecule has 1 aliphatic carbocycles. The monoisotopic (exact) mass is 480 g/mol. The number of halogens is 2. The SMILES string of the molecule is Bc1ccc(Nc2c(C(=O)NOCC3CC3)cc3c(ncn3CCn3ccnc3)c2F)c(Cl)c1. The van der Waals surface area contributed by atoms with Crippen LogP contribution in [0.25, 0.3) is 11.0 Å². The Morgan fingerprint density at radius 2 is 2.12 bits per heavy atom. The van der Waals surface area contributed by atoms with E-state index in [0.717, 1.165) is 18.3 Å². The molecule has 1 amide bonds. The number of hydroxylamine groups is 1. The van der Waals surface area contributed by atoms with E-state index in [0.29, 0.717) is 41.8 Å². The second-order valence-electron chi connectivity index (χ2n) is 8.51. The van der Waals surface area contributed by atoms with E-state index >= 15 is 4.39 Å². The Labute approximate surface area is 201 Å². The zero-order valence-electron chi connectivity index (χ0n) is 18.6. The second kappa shape index (κ2) is 9.48. The summed E-state index contributed by atoms with van der Waals surface area (Å²) in [5, 5.41) is 3.42. The van der Waals surface area contributed by atoms with Gasteiger partial charge in [-0.15, -0.1) is 0 Å². The molecular weight excluding hydrogens is 458 g/mol. The maximum Gasteiger partial charge on any atom is 0.277 e. The molecule has 5 rings (SSSR count). The van der Waals surface area contributed by atoms with Crippen LogP contribution in [0, 0.1) is 11.7 Å². The minimum atomic E-state index is -0.636. The Morgan fingerprint density at radius 1 is 1.26 bits per heavy atom. The molecule has 1 aliphatic rings. The van der Waals surface area contributed by atoms with Crippen LogP contribution in [0.1, 0.15) is 23.2 Å². The van der Waals surface area contributed by atoms with E-state index in [9.17, 15) is 4.79 Å². The minimum Gasteiger partial charge on any atom is -0.351 e. The van der Waals surface area contributed by atoms with Crippen LogP contribution in [-0.4, -0.2) is 39.5 Å². The number of rotatable bonds is 9. The third-order valence-electron chi connectivity index (χ3n) is 5.82. The first-order valence-electron chi connectivity index (χ1n) is 11.1. The van der Waals surface area contributed by atoms with E-state index < -0.39 is 11.7 Å². The molecule has 2 heterocycles. The number of carbonyl (C=O) groups is 1. The van der Waals surface area contributed by atoms with Crippen LogP contribution in [0.3, 0.4) is 0 Å². The standard InChI is InChI=1S/C23H23BClFN6O2/c24-15-3-4-18(17(25)9-15)29-21-16(23(33)30-34-11-14-1-2-14)10-19-22(20(21)26)28-13-32(19)8-7-31-6-5-27-12-31/h3-6,9-10,12-14,29H,1-2,7-8,11,24H2,(H,30,33). The van der Waals surface area contributed by atoms with Crippen LogP contribution in [-0.2, 0) is 17.9 Å². The third kappa shape index (κ3) is 4.78. The summed E-state index contributed by atoms with van der Waals surface area (Å²) in [5.41, 5.74) is 4.66. The number of imidazole rings is 2. The Balaban J connectivity index is 1.50. The molecule has 0 atom stereocenters. The number of benzene rings is 2. The minimum absolute atomic E-state index is 0.00867. The number of fused-ring (bicyclic) bond motifs is 1. The largest absolute Gasteiger partial charge is 0.351 e. The molecule has 2 aromatic carbocycles. The number of aryl methyl sites for hydroxylation is 2. The first-order chi connectivity index (χ1) is 16.5. The average Bonchev–Trinajstić information content (AvgIpc) is 3.31. The van der Waals surface area contributed by atoms with E-state index in [1.165, 1.54) is 0 Å². The van der Waals surface area contributed by atoms with Crippen LogP contribution in [0.2, 0.25) is 5.02 Å². The normalized spacial score (nSPS) is 13.4. The van der Waals surface area contributed by atoms with E-state index in [-0.39, 0.29) is 16.8 Å². The van der Waals surface area contributed by atoms with Crippen molar-refractivity contribution in [3.63, 3.8) is 0 Å². The molecule has 0 bridgehead atoms. The lowest BCUT2D eigenvalue weighted by Crippen LogP contribution is -2.26. The van der Waals surface area contributed by atoms with Crippen molar-refractivity contribution in [3.8, 4) is 0 Å². The van der Waals surface area contributed by atoms with Gasteiger partial charge in [-0.3, -0.25) is 9.63 Å². The van der Waals surface area contributed by atoms with Crippen molar-refractivity contribution >= 4 is 53.2 Å². The van der Waals surface area contributed by atoms with Gasteiger partial charge in [0.15, 0.2) is 5.82 Å². The van der Waals surface area contributed by atoms with Crippen molar-refractivity contribution in [1.82, 2.24) is 24.6 Å². The van der Waals surface area contributed by atoms with Crippen molar-refractivity contribution in [3.05, 3.63) is 65.7 Å². The zero-order chi connectivity index (χ0) is 23.7. The Bertz CT molecular complexity index is 1340. The molecule has 2 aromatic heterocycles. The second-order valence-corrected chi connectivity index (χ2v) is 8.92. The van der Waals surface area contributed by atoms with Crippen LogP contribution in [0.15, 0.2) is 49.3 Å². The molecule has 1 saturated carbocycles. The molecule has 34 heavy (non-hydrogen) atoms. The predicted octanol–water partition coefficient (Wildman–Crippen LogP) is 2.80. The zero-order valence-corrected chi connectivity index (χ0v) is 19.3. The maximum atomic E-state index is 15.8. The number of amides is 1. The van der Waals surface area contributed by atoms with Crippen molar-refractivity contribution in [1.29, 1.82) is 0 Å². The maximum absolute atomic E-state index is 15.8. The lowest BCUT2D eigenvalue weighted by atomic mass is 9.96. The molecule has 2 N–H and O–H groups in total. The molecule has 8 nitrogen and oxygen atoms in total. The molecule has 1 fully saturated rings. The summed E-state index contributed by atoms with van der Waals surface area (Å²) >= 11 is 6.36. The highest BCUT2D eigenvalue weighted by Gasteiger charge is 2.25. The van der Waals surface area contributed by atoms with E-state index in [4.69, 9.17) is 16.4 Å². The van der Waals surface area contributed by atoms with Gasteiger partial charge in [0.2, 0.25) is 0 Å². The Hall–Kier alpha value is -3.37. The van der Waals surface area contributed by atoms with Gasteiger partial charge >= 0.3 is 0 Å². The van der Waals surface area contributed by atoms with Crippen molar-refractivity contribution < 1.29 is 14.0 Å². The number of carbonyl (C=O) groups excluding carboxylic acids is 1. The predicted molar refractivity (Wildman–Crippen MR) is 131 cm³/mol. The first kappa shape index (κ1) is 22.4. The molecule has 0 unspecified atom stereocenters. The van der Waals surface area contributed by atoms with Crippen LogP contribution < -0.4 is 16.3 Å². The summed E-state index contributed by atoms with van der Waals surface area (Å²) in [4.78, 5) is 26.7. The lowest BCUT2D eigenvalue weighted by Gasteiger charge is -2.16. The van der Waals surface area contributed by atoms with Crippen LogP contribution in [0.4, 0.5) is 15.8 Å². The summed E-state index contributed by atoms with van der Waals surface area (Å²) in [6, 6.07) is 6.99. The van der Waals surface area contributed by atoms with Crippen molar-refractivity contribution in [2.24, 2.45) is 5.92 Å². The molecule has 0 aliphatic heterocycles. The molecule has 0 radical (unpaired) electrons. The lowest BCUT2D eigenvalue weighted by molar-refractivity contribution is 0.0271. The summed E-state index contributed by atoms with van der Waals surface area (Å²) in [5.74, 6) is -0.717. The van der Waals surface area contributed by atoms with Gasteiger partial charge in [-0.1, -0.05) is 23.1 Å². The topological polar surface area (TPSA) is 86.0 Å². The average molecular weight is 481 g/mol. The number of anilines is 2. The highest BCUT2D eigenvalue weighted by atomic mass is 35.5. The highest BCUT2D eigenvalue weighted by Crippen LogP contribution is 2.33. The van der Waals surface area contributed by atoms with Gasteiger partial charge in [-0.05, 0) is 37.0 Å². The fourth-order valence-electron chi connectivity index (χ4n) is 3.70. The van der Waals surface area contributed by atoms with E-state index in [1.54, 1.807) is 37.1 Å². The number of hydrogen-bond acceptors (Lipinski definition) is 5. The number of nitrogens with one attached hydrogen (secondary N) is 2. The van der Waals surface area contributed by atoms with Gasteiger partial charge in [-0.2, -0.15) is 0 Å². The number of nitrogens with zero attached hydrogens (tertiary/aromatic N) is 4. The van der Waals surface area contributed by atoms with Crippen molar-refractivity contribution in [2.75, 3.05) is 11.9 Å². The van der Waals surface area contributed by atoms with Crippen LogP contribution >= 0.6 is 11.6 Å². The fourth-order valence-corrected chi connectivity index (χ4v) is 3.98. The molecule has 4 aromatic rings. The molecule has 0 spiro atoms. The summed E-state index contributed by atoms with van der Waals surface area (Å²) in [6.45, 7) is 1.59. The van der Waals surface area contributed by atoms with Gasteiger partial charge in [0.05, 0.1) is 46.7 Å². The van der Waals surface area contributed by atoms with Gasteiger partial charge in [0.25, 0.3) is 5.91 Å². The molecule has 11 heteroatoms.